The Kier molecular flexibility index (Phi) is 4.20. The fraction of sp³-hybridized carbons (Fsp3) is 0.250. The van der Waals surface area contributed by atoms with Crippen molar-refractivity contribution in [3.8, 4) is 0 Å². The van der Waals surface area contributed by atoms with E-state index in [9.17, 15) is 0 Å². The third-order valence-corrected chi connectivity index (χ3v) is 3.83. The van der Waals surface area contributed by atoms with Gasteiger partial charge in [-0.3, -0.25) is 0 Å². The van der Waals surface area contributed by atoms with Gasteiger partial charge in [0.1, 0.15) is 10.4 Å². The van der Waals surface area contributed by atoms with Crippen LogP contribution in [0.1, 0.15) is 19.2 Å². The van der Waals surface area contributed by atoms with E-state index in [1.54, 1.807) is 0 Å². The predicted molar refractivity (Wildman–Crippen MR) is 89.3 cm³/mol. The second-order valence-corrected chi connectivity index (χ2v) is 5.70. The number of anilines is 1. The van der Waals surface area contributed by atoms with E-state index in [0.29, 0.717) is 6.54 Å². The zero-order valence-corrected chi connectivity index (χ0v) is 13.5. The van der Waals surface area contributed by atoms with Crippen molar-refractivity contribution in [1.29, 1.82) is 0 Å². The number of nitrogens with one attached hydrogen (secondary N) is 1. The molecule has 0 radical (unpaired) electrons. The lowest BCUT2D eigenvalue weighted by Gasteiger charge is -2.09. The molecule has 2 heterocycles. The molecule has 0 amide bonds. The summed E-state index contributed by atoms with van der Waals surface area (Å²) in [4.78, 5) is 8.95. The quantitative estimate of drug-likeness (QED) is 0.704. The number of imidazole rings is 1. The normalized spacial score (nSPS) is 11.0. The Morgan fingerprint density at radius 3 is 2.81 bits per heavy atom. The second kappa shape index (κ2) is 6.26. The smallest absolute Gasteiger partial charge is 0.129 e. The Bertz CT molecular complexity index is 734. The third kappa shape index (κ3) is 3.08. The first-order valence-electron chi connectivity index (χ1n) is 7.07. The maximum Gasteiger partial charge on any atom is 0.129 e. The van der Waals surface area contributed by atoms with Gasteiger partial charge in [0, 0.05) is 6.54 Å². The number of fused-ring (bicyclic) bond motifs is 1. The molecule has 0 aliphatic heterocycles. The van der Waals surface area contributed by atoms with Gasteiger partial charge in [0.2, 0.25) is 0 Å². The van der Waals surface area contributed by atoms with Crippen molar-refractivity contribution in [2.45, 2.75) is 26.4 Å². The SMILES string of the molecule is CCCn1c(CNc2ccc(Br)nc2)nc2ccccc21. The highest BCUT2D eigenvalue weighted by Crippen LogP contribution is 2.18. The fourth-order valence-corrected chi connectivity index (χ4v) is 2.63. The Balaban J connectivity index is 1.85. The van der Waals surface area contributed by atoms with E-state index in [2.05, 4.69) is 55.9 Å². The van der Waals surface area contributed by atoms with Gasteiger partial charge in [-0.2, -0.15) is 0 Å². The van der Waals surface area contributed by atoms with Gasteiger partial charge in [0.15, 0.2) is 0 Å². The zero-order valence-electron chi connectivity index (χ0n) is 11.9. The average molecular weight is 345 g/mol. The summed E-state index contributed by atoms with van der Waals surface area (Å²) in [6.07, 6.45) is 2.91. The number of nitrogens with zero attached hydrogens (tertiary/aromatic N) is 3. The maximum absolute atomic E-state index is 4.73. The van der Waals surface area contributed by atoms with Crippen molar-refractivity contribution >= 4 is 32.7 Å². The number of hydrogen-bond donors (Lipinski definition) is 1. The first-order valence-corrected chi connectivity index (χ1v) is 7.87. The zero-order chi connectivity index (χ0) is 14.7. The summed E-state index contributed by atoms with van der Waals surface area (Å²) in [5.41, 5.74) is 3.25. The summed E-state index contributed by atoms with van der Waals surface area (Å²) < 4.78 is 3.13. The molecule has 21 heavy (non-hydrogen) atoms. The van der Waals surface area contributed by atoms with Crippen LogP contribution in [0.2, 0.25) is 0 Å². The summed E-state index contributed by atoms with van der Waals surface area (Å²) in [6, 6.07) is 12.2. The van der Waals surface area contributed by atoms with Gasteiger partial charge >= 0.3 is 0 Å². The van der Waals surface area contributed by atoms with E-state index < -0.39 is 0 Å². The Hall–Kier alpha value is -1.88. The van der Waals surface area contributed by atoms with E-state index in [0.717, 1.165) is 34.6 Å². The van der Waals surface area contributed by atoms with Gasteiger partial charge in [0.25, 0.3) is 0 Å². The summed E-state index contributed by atoms with van der Waals surface area (Å²) in [7, 11) is 0. The van der Waals surface area contributed by atoms with Crippen molar-refractivity contribution < 1.29 is 0 Å². The molecular formula is C16H17BrN4. The highest BCUT2D eigenvalue weighted by atomic mass is 79.9. The molecule has 1 aromatic carbocycles. The summed E-state index contributed by atoms with van der Waals surface area (Å²) in [6.45, 7) is 3.86. The topological polar surface area (TPSA) is 42.7 Å². The highest BCUT2D eigenvalue weighted by Gasteiger charge is 2.09. The van der Waals surface area contributed by atoms with E-state index in [1.165, 1.54) is 5.52 Å². The second-order valence-electron chi connectivity index (χ2n) is 4.89. The molecule has 0 saturated heterocycles. The van der Waals surface area contributed by atoms with Gasteiger partial charge in [-0.25, -0.2) is 9.97 Å². The molecule has 0 atom stereocenters. The first kappa shape index (κ1) is 14.1. The van der Waals surface area contributed by atoms with Gasteiger partial charge < -0.3 is 9.88 Å². The number of aryl methyl sites for hydroxylation is 1. The van der Waals surface area contributed by atoms with Crippen LogP contribution in [0.25, 0.3) is 11.0 Å². The molecule has 0 fully saturated rings. The molecule has 108 valence electrons. The van der Waals surface area contributed by atoms with Gasteiger partial charge in [-0.15, -0.1) is 0 Å². The van der Waals surface area contributed by atoms with Crippen LogP contribution in [0, 0.1) is 0 Å². The number of hydrogen-bond acceptors (Lipinski definition) is 3. The molecule has 4 nitrogen and oxygen atoms in total. The standard InChI is InChI=1S/C16H17BrN4/c1-2-9-21-14-6-4-3-5-13(14)20-16(21)11-18-12-7-8-15(17)19-10-12/h3-8,10,18H,2,9,11H2,1H3. The van der Waals surface area contributed by atoms with Crippen LogP contribution in [-0.2, 0) is 13.1 Å². The fourth-order valence-electron chi connectivity index (χ4n) is 2.39. The Morgan fingerprint density at radius 1 is 1.19 bits per heavy atom. The molecule has 3 rings (SSSR count). The first-order chi connectivity index (χ1) is 10.3. The van der Waals surface area contributed by atoms with Crippen molar-refractivity contribution in [2.24, 2.45) is 0 Å². The van der Waals surface area contributed by atoms with Crippen molar-refractivity contribution in [3.05, 3.63) is 53.0 Å². The van der Waals surface area contributed by atoms with Crippen LogP contribution in [-0.4, -0.2) is 14.5 Å². The molecule has 3 aromatic rings. The van der Waals surface area contributed by atoms with Gasteiger partial charge in [-0.1, -0.05) is 19.1 Å². The van der Waals surface area contributed by atoms with E-state index in [-0.39, 0.29) is 0 Å². The van der Waals surface area contributed by atoms with Crippen LogP contribution in [0.4, 0.5) is 5.69 Å². The number of halogens is 1. The molecule has 0 unspecified atom stereocenters. The number of para-hydroxylation sites is 2. The minimum atomic E-state index is 0.692. The molecule has 0 aliphatic carbocycles. The molecule has 1 N–H and O–H groups in total. The monoisotopic (exact) mass is 344 g/mol. The van der Waals surface area contributed by atoms with E-state index >= 15 is 0 Å². The van der Waals surface area contributed by atoms with Crippen molar-refractivity contribution in [3.63, 3.8) is 0 Å². The van der Waals surface area contributed by atoms with E-state index in [1.807, 2.05) is 24.4 Å². The predicted octanol–water partition coefficient (Wildman–Crippen LogP) is 4.22. The van der Waals surface area contributed by atoms with Gasteiger partial charge in [0.05, 0.1) is 29.5 Å². The Morgan fingerprint density at radius 2 is 2.05 bits per heavy atom. The molecule has 2 aromatic heterocycles. The summed E-state index contributed by atoms with van der Waals surface area (Å²) in [5.74, 6) is 1.06. The molecule has 0 aliphatic rings. The molecule has 0 spiro atoms. The number of pyridine rings is 1. The largest absolute Gasteiger partial charge is 0.377 e. The van der Waals surface area contributed by atoms with Crippen LogP contribution < -0.4 is 5.32 Å². The lowest BCUT2D eigenvalue weighted by molar-refractivity contribution is 0.661. The van der Waals surface area contributed by atoms with Crippen LogP contribution >= 0.6 is 15.9 Å². The lowest BCUT2D eigenvalue weighted by Crippen LogP contribution is -2.09. The van der Waals surface area contributed by atoms with E-state index in [4.69, 9.17) is 4.98 Å². The number of rotatable bonds is 5. The average Bonchev–Trinajstić information content (AvgIpc) is 2.85. The summed E-state index contributed by atoms with van der Waals surface area (Å²) >= 11 is 3.34. The lowest BCUT2D eigenvalue weighted by atomic mass is 10.3. The highest BCUT2D eigenvalue weighted by molar-refractivity contribution is 9.10. The molecule has 5 heteroatoms. The number of benzene rings is 1. The molecular weight excluding hydrogens is 328 g/mol. The van der Waals surface area contributed by atoms with Crippen LogP contribution in [0.3, 0.4) is 0 Å². The minimum Gasteiger partial charge on any atom is -0.377 e. The molecule has 0 bridgehead atoms. The molecule has 0 saturated carbocycles. The van der Waals surface area contributed by atoms with Crippen molar-refractivity contribution in [1.82, 2.24) is 14.5 Å². The van der Waals surface area contributed by atoms with Crippen LogP contribution in [0.5, 0.6) is 0 Å². The minimum absolute atomic E-state index is 0.692. The third-order valence-electron chi connectivity index (χ3n) is 3.36. The summed E-state index contributed by atoms with van der Waals surface area (Å²) in [5, 5.41) is 3.38. The van der Waals surface area contributed by atoms with Crippen LogP contribution in [0.15, 0.2) is 47.2 Å². The van der Waals surface area contributed by atoms with Gasteiger partial charge in [-0.05, 0) is 46.6 Å². The Labute approximate surface area is 132 Å². The maximum atomic E-state index is 4.73. The van der Waals surface area contributed by atoms with Crippen molar-refractivity contribution in [2.75, 3.05) is 5.32 Å². The number of aromatic nitrogens is 3.